The average Bonchev–Trinajstić information content (AvgIpc) is 2.88. The zero-order chi connectivity index (χ0) is 27.1. The smallest absolute Gasteiger partial charge is 0.0507 e. The molecule has 2 N–H and O–H groups in total. The van der Waals surface area contributed by atoms with E-state index in [1.165, 1.54) is 70.0 Å². The molecule has 1 heterocycles. The van der Waals surface area contributed by atoms with E-state index < -0.39 is 0 Å². The van der Waals surface area contributed by atoms with Crippen LogP contribution >= 0.6 is 11.6 Å². The van der Waals surface area contributed by atoms with E-state index in [0.717, 1.165) is 56.1 Å². The Kier molecular flexibility index (Phi) is 15.7. The van der Waals surface area contributed by atoms with Gasteiger partial charge in [-0.2, -0.15) is 0 Å². The lowest BCUT2D eigenvalue weighted by Gasteiger charge is -2.48. The molecule has 0 radical (unpaired) electrons. The van der Waals surface area contributed by atoms with Crippen molar-refractivity contribution >= 4 is 11.6 Å². The van der Waals surface area contributed by atoms with Crippen molar-refractivity contribution in [1.29, 1.82) is 0 Å². The quantitative estimate of drug-likeness (QED) is 0.183. The molecule has 2 rings (SSSR count). The summed E-state index contributed by atoms with van der Waals surface area (Å²) in [5.41, 5.74) is 1.47. The molecule has 5 heteroatoms. The Morgan fingerprint density at radius 2 is 1.41 bits per heavy atom. The third kappa shape index (κ3) is 12.8. The van der Waals surface area contributed by atoms with Gasteiger partial charge in [-0.15, -0.1) is 0 Å². The first-order valence-electron chi connectivity index (χ1n) is 15.5. The highest BCUT2D eigenvalue weighted by molar-refractivity contribution is 6.30. The molecule has 1 aromatic carbocycles. The van der Waals surface area contributed by atoms with Gasteiger partial charge in [0.1, 0.15) is 0 Å². The molecular formula is C32H59ClN4. The van der Waals surface area contributed by atoms with Crippen LogP contribution in [0.25, 0.3) is 0 Å². The molecule has 0 aliphatic carbocycles. The van der Waals surface area contributed by atoms with E-state index in [9.17, 15) is 0 Å². The summed E-state index contributed by atoms with van der Waals surface area (Å²) in [6, 6.07) is 8.70. The summed E-state index contributed by atoms with van der Waals surface area (Å²) in [7, 11) is 0. The Bertz CT molecular complexity index is 683. The van der Waals surface area contributed by atoms with E-state index in [4.69, 9.17) is 11.6 Å². The van der Waals surface area contributed by atoms with Gasteiger partial charge in [0.2, 0.25) is 0 Å². The first-order chi connectivity index (χ1) is 17.8. The number of nitrogens with zero attached hydrogens (tertiary/aromatic N) is 2. The largest absolute Gasteiger partial charge is 0.313 e. The third-order valence-corrected chi connectivity index (χ3v) is 8.54. The minimum Gasteiger partial charge on any atom is -0.313 e. The molecule has 0 bridgehead atoms. The van der Waals surface area contributed by atoms with E-state index in [1.807, 2.05) is 12.1 Å². The Morgan fingerprint density at radius 1 is 0.865 bits per heavy atom. The van der Waals surface area contributed by atoms with Gasteiger partial charge in [0.25, 0.3) is 0 Å². The second-order valence-corrected chi connectivity index (χ2v) is 12.6. The fourth-order valence-electron chi connectivity index (χ4n) is 6.07. The predicted octanol–water partition coefficient (Wildman–Crippen LogP) is 7.22. The minimum atomic E-state index is 0.130. The van der Waals surface area contributed by atoms with Crippen LogP contribution in [0.5, 0.6) is 0 Å². The van der Waals surface area contributed by atoms with Crippen LogP contribution in [0.4, 0.5) is 0 Å². The second kappa shape index (κ2) is 17.8. The van der Waals surface area contributed by atoms with E-state index in [0.29, 0.717) is 6.04 Å². The van der Waals surface area contributed by atoms with Gasteiger partial charge in [-0.25, -0.2) is 0 Å². The molecule has 1 saturated heterocycles. The predicted molar refractivity (Wildman–Crippen MR) is 164 cm³/mol. The highest BCUT2D eigenvalue weighted by atomic mass is 35.5. The van der Waals surface area contributed by atoms with E-state index in [2.05, 4.69) is 74.1 Å². The van der Waals surface area contributed by atoms with Crippen molar-refractivity contribution < 1.29 is 0 Å². The minimum absolute atomic E-state index is 0.130. The van der Waals surface area contributed by atoms with Gasteiger partial charge in [0.15, 0.2) is 0 Å². The Labute approximate surface area is 235 Å². The fraction of sp³-hybridized carbons (Fsp3) is 0.812. The van der Waals surface area contributed by atoms with E-state index in [1.54, 1.807) is 0 Å². The molecular weight excluding hydrogens is 476 g/mol. The van der Waals surface area contributed by atoms with Gasteiger partial charge in [0, 0.05) is 55.9 Å². The highest BCUT2D eigenvalue weighted by Crippen LogP contribution is 2.23. The van der Waals surface area contributed by atoms with Crippen LogP contribution in [0.1, 0.15) is 98.5 Å². The SMILES string of the molecule is CCCCC(CC)CN1CN(CC(CC)CCCC)CC(C)(NCCNC(C)Cc2ccc(Cl)cc2)C1. The van der Waals surface area contributed by atoms with Crippen LogP contribution in [0.15, 0.2) is 24.3 Å². The number of hydrogen-bond donors (Lipinski definition) is 2. The Hall–Kier alpha value is -0.650. The van der Waals surface area contributed by atoms with Crippen LogP contribution in [-0.2, 0) is 6.42 Å². The molecule has 3 atom stereocenters. The van der Waals surface area contributed by atoms with E-state index in [-0.39, 0.29) is 5.54 Å². The Morgan fingerprint density at radius 3 is 1.89 bits per heavy atom. The first-order valence-corrected chi connectivity index (χ1v) is 15.9. The molecule has 0 aromatic heterocycles. The van der Waals surface area contributed by atoms with Crippen molar-refractivity contribution in [3.63, 3.8) is 0 Å². The van der Waals surface area contributed by atoms with Gasteiger partial charge in [-0.1, -0.05) is 90.0 Å². The van der Waals surface area contributed by atoms with E-state index >= 15 is 0 Å². The summed E-state index contributed by atoms with van der Waals surface area (Å²) < 4.78 is 0. The third-order valence-electron chi connectivity index (χ3n) is 8.29. The second-order valence-electron chi connectivity index (χ2n) is 12.2. The number of nitrogens with one attached hydrogen (secondary N) is 2. The number of benzene rings is 1. The lowest BCUT2D eigenvalue weighted by atomic mass is 9.93. The van der Waals surface area contributed by atoms with Gasteiger partial charge in [0.05, 0.1) is 6.67 Å². The monoisotopic (exact) mass is 534 g/mol. The molecule has 1 aromatic rings. The molecule has 214 valence electrons. The highest BCUT2D eigenvalue weighted by Gasteiger charge is 2.35. The van der Waals surface area contributed by atoms with Gasteiger partial charge >= 0.3 is 0 Å². The zero-order valence-electron chi connectivity index (χ0n) is 25.1. The standard InChI is InChI=1S/C32H59ClN4/c1-7-11-13-28(9-3)22-36-24-32(6,25-37(26-36)23-29(10-4)14-12-8-2)35-20-19-34-27(5)21-30-15-17-31(33)18-16-30/h15-18,27-29,34-35H,7-14,19-26H2,1-6H3. The van der Waals surface area contributed by atoms with Crippen LogP contribution < -0.4 is 10.6 Å². The van der Waals surface area contributed by atoms with Crippen LogP contribution in [0.3, 0.4) is 0 Å². The number of rotatable bonds is 19. The molecule has 0 saturated carbocycles. The molecule has 0 spiro atoms. The van der Waals surface area contributed by atoms with Crippen molar-refractivity contribution in [3.05, 3.63) is 34.9 Å². The van der Waals surface area contributed by atoms with Crippen molar-refractivity contribution in [2.45, 2.75) is 111 Å². The summed E-state index contributed by atoms with van der Waals surface area (Å²) in [6.45, 7) is 22.1. The Balaban J connectivity index is 1.92. The van der Waals surface area contributed by atoms with Crippen LogP contribution in [0, 0.1) is 11.8 Å². The zero-order valence-corrected chi connectivity index (χ0v) is 25.9. The molecule has 4 nitrogen and oxygen atoms in total. The molecule has 37 heavy (non-hydrogen) atoms. The summed E-state index contributed by atoms with van der Waals surface area (Å²) >= 11 is 6.04. The van der Waals surface area contributed by atoms with Crippen molar-refractivity contribution in [3.8, 4) is 0 Å². The van der Waals surface area contributed by atoms with Gasteiger partial charge < -0.3 is 10.6 Å². The van der Waals surface area contributed by atoms with Crippen molar-refractivity contribution in [2.24, 2.45) is 11.8 Å². The number of halogens is 1. The fourth-order valence-corrected chi connectivity index (χ4v) is 6.20. The van der Waals surface area contributed by atoms with Gasteiger partial charge in [-0.3, -0.25) is 9.80 Å². The van der Waals surface area contributed by atoms with Crippen LogP contribution in [0.2, 0.25) is 5.02 Å². The lowest BCUT2D eigenvalue weighted by molar-refractivity contribution is 0.00515. The lowest BCUT2D eigenvalue weighted by Crippen LogP contribution is -2.65. The van der Waals surface area contributed by atoms with Crippen molar-refractivity contribution in [2.75, 3.05) is 45.9 Å². The molecule has 1 aliphatic rings. The van der Waals surface area contributed by atoms with Crippen LogP contribution in [-0.4, -0.2) is 67.3 Å². The summed E-state index contributed by atoms with van der Waals surface area (Å²) in [5.74, 6) is 1.64. The summed E-state index contributed by atoms with van der Waals surface area (Å²) in [6.07, 6.45) is 11.7. The molecule has 1 aliphatic heterocycles. The topological polar surface area (TPSA) is 30.5 Å². The van der Waals surface area contributed by atoms with Gasteiger partial charge in [-0.05, 0) is 62.6 Å². The number of unbranched alkanes of at least 4 members (excludes halogenated alkanes) is 2. The summed E-state index contributed by atoms with van der Waals surface area (Å²) in [5, 5.41) is 8.53. The maximum Gasteiger partial charge on any atom is 0.0507 e. The maximum absolute atomic E-state index is 6.04. The maximum atomic E-state index is 6.04. The normalized spacial score (nSPS) is 21.7. The molecule has 0 amide bonds. The number of hydrogen-bond acceptors (Lipinski definition) is 4. The molecule has 3 unspecified atom stereocenters. The average molecular weight is 535 g/mol. The summed E-state index contributed by atoms with van der Waals surface area (Å²) in [4.78, 5) is 5.53. The first kappa shape index (κ1) is 32.6. The van der Waals surface area contributed by atoms with Crippen molar-refractivity contribution in [1.82, 2.24) is 20.4 Å². The molecule has 1 fully saturated rings.